The second-order valence-corrected chi connectivity index (χ2v) is 11.2. The van der Waals surface area contributed by atoms with Crippen LogP contribution in [0.3, 0.4) is 0 Å². The van der Waals surface area contributed by atoms with Crippen LogP contribution in [0.2, 0.25) is 0 Å². The summed E-state index contributed by atoms with van der Waals surface area (Å²) < 4.78 is 14.3. The number of fused-ring (bicyclic) bond motifs is 3. The number of halogens is 1. The van der Waals surface area contributed by atoms with Crippen molar-refractivity contribution in [1.82, 2.24) is 4.57 Å². The van der Waals surface area contributed by atoms with Crippen LogP contribution in [0, 0.1) is 0 Å². The molecule has 1 atom stereocenters. The highest BCUT2D eigenvalue weighted by Crippen LogP contribution is 2.42. The van der Waals surface area contributed by atoms with Crippen LogP contribution in [-0.2, 0) is 6.42 Å². The fourth-order valence-corrected chi connectivity index (χ4v) is 7.22. The maximum Gasteiger partial charge on any atom is 0.271 e. The van der Waals surface area contributed by atoms with Gasteiger partial charge in [-0.3, -0.25) is 9.36 Å². The van der Waals surface area contributed by atoms with Gasteiger partial charge >= 0.3 is 0 Å². The Morgan fingerprint density at radius 3 is 2.69 bits per heavy atom. The average molecular weight is 566 g/mol. The molecule has 176 valence electrons. The van der Waals surface area contributed by atoms with E-state index in [2.05, 4.69) is 51.6 Å². The first-order chi connectivity index (χ1) is 17.1. The van der Waals surface area contributed by atoms with E-state index in [1.165, 1.54) is 28.0 Å². The molecule has 0 saturated heterocycles. The average Bonchev–Trinajstić information content (AvgIpc) is 3.51. The fourth-order valence-electron chi connectivity index (χ4n) is 4.86. The monoisotopic (exact) mass is 564 g/mol. The quantitative estimate of drug-likeness (QED) is 0.344. The van der Waals surface area contributed by atoms with Gasteiger partial charge in [-0.1, -0.05) is 41.7 Å². The lowest BCUT2D eigenvalue weighted by atomic mass is 9.85. The molecule has 2 aliphatic rings. The minimum Gasteiger partial charge on any atom is -0.496 e. The molecule has 2 aromatic carbocycles. The SMILES string of the molecule is COc1cc(OC)c(C=c2sc3n(c2=O)C(c2cccs2)C2=C(N=3)c3ccccc3CC2)cc1Br. The zero-order valence-corrected chi connectivity index (χ0v) is 22.3. The molecule has 0 saturated carbocycles. The number of hydrogen-bond donors (Lipinski definition) is 0. The molecule has 0 radical (unpaired) electrons. The summed E-state index contributed by atoms with van der Waals surface area (Å²) in [6.07, 6.45) is 3.73. The molecule has 0 N–H and O–H groups in total. The van der Waals surface area contributed by atoms with E-state index in [9.17, 15) is 4.79 Å². The van der Waals surface area contributed by atoms with Crippen molar-refractivity contribution in [2.75, 3.05) is 14.2 Å². The summed E-state index contributed by atoms with van der Waals surface area (Å²) in [5, 5.41) is 2.07. The van der Waals surface area contributed by atoms with Crippen LogP contribution >= 0.6 is 38.6 Å². The highest BCUT2D eigenvalue weighted by Gasteiger charge is 2.33. The largest absolute Gasteiger partial charge is 0.496 e. The van der Waals surface area contributed by atoms with Crippen molar-refractivity contribution in [3.05, 3.63) is 105 Å². The summed E-state index contributed by atoms with van der Waals surface area (Å²) in [5.74, 6) is 1.31. The number of benzene rings is 2. The van der Waals surface area contributed by atoms with Crippen LogP contribution < -0.4 is 24.4 Å². The van der Waals surface area contributed by atoms with Crippen LogP contribution in [0.25, 0.3) is 11.8 Å². The summed E-state index contributed by atoms with van der Waals surface area (Å²) in [6.45, 7) is 0. The Labute approximate surface area is 218 Å². The van der Waals surface area contributed by atoms with E-state index < -0.39 is 0 Å². The number of methoxy groups -OCH3 is 2. The maximum absolute atomic E-state index is 13.8. The molecule has 2 aromatic heterocycles. The number of ether oxygens (including phenoxy) is 2. The van der Waals surface area contributed by atoms with E-state index in [0.29, 0.717) is 16.0 Å². The van der Waals surface area contributed by atoms with Gasteiger partial charge < -0.3 is 9.47 Å². The molecule has 0 fully saturated rings. The van der Waals surface area contributed by atoms with E-state index in [1.807, 2.05) is 28.8 Å². The van der Waals surface area contributed by atoms with Gasteiger partial charge in [0.15, 0.2) is 4.80 Å². The first kappa shape index (κ1) is 22.5. The second kappa shape index (κ2) is 8.93. The number of aromatic nitrogens is 1. The molecule has 4 aromatic rings. The van der Waals surface area contributed by atoms with Crippen molar-refractivity contribution in [3.63, 3.8) is 0 Å². The first-order valence-corrected chi connectivity index (χ1v) is 13.7. The molecule has 0 spiro atoms. The Morgan fingerprint density at radius 2 is 1.91 bits per heavy atom. The van der Waals surface area contributed by atoms with Gasteiger partial charge in [-0.15, -0.1) is 11.3 Å². The summed E-state index contributed by atoms with van der Waals surface area (Å²) in [7, 11) is 3.23. The predicted molar refractivity (Wildman–Crippen MR) is 144 cm³/mol. The van der Waals surface area contributed by atoms with Gasteiger partial charge in [0, 0.05) is 22.1 Å². The molecule has 1 aliphatic carbocycles. The number of nitrogens with zero attached hydrogens (tertiary/aromatic N) is 2. The molecule has 1 aliphatic heterocycles. The van der Waals surface area contributed by atoms with Gasteiger partial charge in [0.25, 0.3) is 5.56 Å². The zero-order valence-electron chi connectivity index (χ0n) is 19.1. The van der Waals surface area contributed by atoms with E-state index >= 15 is 0 Å². The lowest BCUT2D eigenvalue weighted by Gasteiger charge is -2.30. The number of thiophene rings is 1. The van der Waals surface area contributed by atoms with Crippen LogP contribution in [0.15, 0.2) is 73.7 Å². The molecule has 35 heavy (non-hydrogen) atoms. The summed E-state index contributed by atoms with van der Waals surface area (Å²) in [5.41, 5.74) is 5.48. The number of allylic oxidation sites excluding steroid dienone is 1. The Balaban J connectivity index is 1.60. The molecule has 5 nitrogen and oxygen atoms in total. The molecule has 8 heteroatoms. The normalized spacial score (nSPS) is 16.9. The van der Waals surface area contributed by atoms with E-state index in [0.717, 1.165) is 38.3 Å². The van der Waals surface area contributed by atoms with Crippen molar-refractivity contribution < 1.29 is 9.47 Å². The molecular formula is C27H21BrN2O3S2. The third kappa shape index (κ3) is 3.71. The Hall–Kier alpha value is -2.94. The van der Waals surface area contributed by atoms with E-state index in [4.69, 9.17) is 14.5 Å². The molecule has 0 amide bonds. The first-order valence-electron chi connectivity index (χ1n) is 11.2. The minimum atomic E-state index is -0.138. The standard InChI is InChI=1S/C27H21BrN2O3S2/c1-32-20-14-21(33-2)19(28)12-16(20)13-23-26(31)30-25(22-8-5-11-34-22)18-10-9-15-6-3-4-7-17(15)24(18)29-27(30)35-23/h3-8,11-14,25H,9-10H2,1-2H3. The van der Waals surface area contributed by atoms with Gasteiger partial charge in [0.05, 0.1) is 35.0 Å². The number of rotatable bonds is 4. The van der Waals surface area contributed by atoms with Gasteiger partial charge in [-0.25, -0.2) is 4.99 Å². The Morgan fingerprint density at radius 1 is 1.09 bits per heavy atom. The summed E-state index contributed by atoms with van der Waals surface area (Å²) >= 11 is 6.65. The van der Waals surface area contributed by atoms with Crippen molar-refractivity contribution in [3.8, 4) is 11.5 Å². The fraction of sp³-hybridized carbons (Fsp3) is 0.185. The number of thiazole rings is 1. The molecular weight excluding hydrogens is 544 g/mol. The maximum atomic E-state index is 13.8. The second-order valence-electron chi connectivity index (χ2n) is 8.36. The topological polar surface area (TPSA) is 52.8 Å². The Bertz CT molecular complexity index is 1670. The smallest absolute Gasteiger partial charge is 0.271 e. The van der Waals surface area contributed by atoms with Crippen LogP contribution in [0.5, 0.6) is 11.5 Å². The van der Waals surface area contributed by atoms with E-state index in [1.54, 1.807) is 25.6 Å². The van der Waals surface area contributed by atoms with Gasteiger partial charge in [0.1, 0.15) is 11.5 Å². The third-order valence-electron chi connectivity index (χ3n) is 6.48. The van der Waals surface area contributed by atoms with Crippen molar-refractivity contribution in [2.24, 2.45) is 4.99 Å². The lowest BCUT2D eigenvalue weighted by molar-refractivity contribution is 0.392. The highest BCUT2D eigenvalue weighted by molar-refractivity contribution is 9.10. The lowest BCUT2D eigenvalue weighted by Crippen LogP contribution is -2.38. The van der Waals surface area contributed by atoms with Crippen LogP contribution in [0.1, 0.15) is 34.0 Å². The van der Waals surface area contributed by atoms with Crippen molar-refractivity contribution in [2.45, 2.75) is 18.9 Å². The van der Waals surface area contributed by atoms with Crippen molar-refractivity contribution in [1.29, 1.82) is 0 Å². The Kier molecular flexibility index (Phi) is 5.75. The number of hydrogen-bond acceptors (Lipinski definition) is 6. The highest BCUT2D eigenvalue weighted by atomic mass is 79.9. The van der Waals surface area contributed by atoms with Crippen LogP contribution in [0.4, 0.5) is 0 Å². The summed E-state index contributed by atoms with van der Waals surface area (Å²) in [6, 6.07) is 16.2. The zero-order chi connectivity index (χ0) is 24.1. The number of aryl methyl sites for hydroxylation is 1. The summed E-state index contributed by atoms with van der Waals surface area (Å²) in [4.78, 5) is 20.8. The van der Waals surface area contributed by atoms with E-state index in [-0.39, 0.29) is 11.6 Å². The molecule has 0 bridgehead atoms. The molecule has 3 heterocycles. The molecule has 6 rings (SSSR count). The van der Waals surface area contributed by atoms with Crippen LogP contribution in [-0.4, -0.2) is 18.8 Å². The minimum absolute atomic E-state index is 0.0356. The van der Waals surface area contributed by atoms with Gasteiger partial charge in [-0.05, 0) is 63.5 Å². The third-order valence-corrected chi connectivity index (χ3v) is 9.00. The van der Waals surface area contributed by atoms with Gasteiger partial charge in [-0.2, -0.15) is 0 Å². The van der Waals surface area contributed by atoms with Crippen molar-refractivity contribution >= 4 is 50.4 Å². The predicted octanol–water partition coefficient (Wildman–Crippen LogP) is 5.16. The van der Waals surface area contributed by atoms with Gasteiger partial charge in [0.2, 0.25) is 0 Å². The molecule has 1 unspecified atom stereocenters.